The van der Waals surface area contributed by atoms with Gasteiger partial charge in [-0.3, -0.25) is 4.79 Å². The van der Waals surface area contributed by atoms with Crippen LogP contribution < -0.4 is 0 Å². The predicted octanol–water partition coefficient (Wildman–Crippen LogP) is 7.30. The molecule has 0 amide bonds. The Hall–Kier alpha value is -2.37. The first-order valence-corrected chi connectivity index (χ1v) is 13.9. The van der Waals surface area contributed by atoms with Crippen molar-refractivity contribution in [2.45, 2.75) is 55.7 Å². The zero-order valence-electron chi connectivity index (χ0n) is 19.3. The summed E-state index contributed by atoms with van der Waals surface area (Å²) < 4.78 is 25.0. The molecule has 174 valence electrons. The molecule has 2 aromatic carbocycles. The maximum absolute atomic E-state index is 12.6. The van der Waals surface area contributed by atoms with Gasteiger partial charge in [0.1, 0.15) is 0 Å². The summed E-state index contributed by atoms with van der Waals surface area (Å²) >= 11 is 1.68. The summed E-state index contributed by atoms with van der Waals surface area (Å²) in [6.45, 7) is 4.05. The van der Waals surface area contributed by atoms with E-state index in [1.807, 2.05) is 25.1 Å². The van der Waals surface area contributed by atoms with Crippen LogP contribution in [0, 0.1) is 18.8 Å². The SMILES string of the molecule is C/C(=C\C=C\Sc1ccccc1)[C@H]1CCCC[C@@H]1CC(=O)/C=C/S(=O)(=O)c1ccc(C)cc1. The molecule has 0 spiro atoms. The lowest BCUT2D eigenvalue weighted by molar-refractivity contribution is -0.116. The Kier molecular flexibility index (Phi) is 9.33. The number of aryl methyl sites for hydroxylation is 1. The van der Waals surface area contributed by atoms with Crippen LogP contribution >= 0.6 is 11.8 Å². The second-order valence-corrected chi connectivity index (χ2v) is 11.5. The summed E-state index contributed by atoms with van der Waals surface area (Å²) in [7, 11) is -3.60. The number of hydrogen-bond donors (Lipinski definition) is 0. The molecule has 1 aliphatic carbocycles. The number of rotatable bonds is 9. The van der Waals surface area contributed by atoms with Gasteiger partial charge in [0.2, 0.25) is 0 Å². The van der Waals surface area contributed by atoms with Gasteiger partial charge in [0.15, 0.2) is 15.6 Å². The number of ketones is 1. The van der Waals surface area contributed by atoms with Crippen molar-refractivity contribution in [3.8, 4) is 0 Å². The zero-order chi connectivity index (χ0) is 23.7. The number of thioether (sulfide) groups is 1. The van der Waals surface area contributed by atoms with Crippen LogP contribution in [-0.2, 0) is 14.6 Å². The van der Waals surface area contributed by atoms with E-state index in [2.05, 4.69) is 36.6 Å². The number of carbonyl (C=O) groups excluding carboxylic acids is 1. The smallest absolute Gasteiger partial charge is 0.199 e. The van der Waals surface area contributed by atoms with E-state index in [4.69, 9.17) is 0 Å². The van der Waals surface area contributed by atoms with Crippen LogP contribution in [0.25, 0.3) is 0 Å². The summed E-state index contributed by atoms with van der Waals surface area (Å²) in [6, 6.07) is 16.9. The van der Waals surface area contributed by atoms with Crippen molar-refractivity contribution in [3.63, 3.8) is 0 Å². The van der Waals surface area contributed by atoms with Crippen LogP contribution in [0.1, 0.15) is 44.6 Å². The number of benzene rings is 2. The molecule has 3 rings (SSSR count). The molecular formula is C28H32O3S2. The largest absolute Gasteiger partial charge is 0.295 e. The summed E-state index contributed by atoms with van der Waals surface area (Å²) in [5.41, 5.74) is 2.28. The first kappa shape index (κ1) is 25.3. The fourth-order valence-corrected chi connectivity index (χ4v) is 5.91. The van der Waals surface area contributed by atoms with Crippen LogP contribution in [0.4, 0.5) is 0 Å². The van der Waals surface area contributed by atoms with Gasteiger partial charge in [-0.25, -0.2) is 8.42 Å². The van der Waals surface area contributed by atoms with Gasteiger partial charge in [-0.1, -0.05) is 78.2 Å². The van der Waals surface area contributed by atoms with Crippen LogP contribution in [0.15, 0.2) is 99.0 Å². The van der Waals surface area contributed by atoms with E-state index in [1.54, 1.807) is 36.0 Å². The van der Waals surface area contributed by atoms with E-state index in [9.17, 15) is 13.2 Å². The molecule has 2 aromatic rings. The van der Waals surface area contributed by atoms with Gasteiger partial charge in [-0.15, -0.1) is 0 Å². The molecule has 5 heteroatoms. The van der Waals surface area contributed by atoms with Crippen molar-refractivity contribution in [1.82, 2.24) is 0 Å². The van der Waals surface area contributed by atoms with Crippen molar-refractivity contribution in [3.05, 3.63) is 94.8 Å². The summed E-state index contributed by atoms with van der Waals surface area (Å²) in [5, 5.41) is 3.14. The molecule has 0 aromatic heterocycles. The maximum Gasteiger partial charge on any atom is 0.199 e. The summed E-state index contributed by atoms with van der Waals surface area (Å²) in [4.78, 5) is 14.1. The summed E-state index contributed by atoms with van der Waals surface area (Å²) in [5.74, 6) is 0.492. The summed E-state index contributed by atoms with van der Waals surface area (Å²) in [6.07, 6.45) is 10.2. The molecule has 1 aliphatic rings. The Morgan fingerprint density at radius 1 is 1.03 bits per heavy atom. The molecule has 0 unspecified atom stereocenters. The molecule has 0 aliphatic heterocycles. The second-order valence-electron chi connectivity index (χ2n) is 8.65. The maximum atomic E-state index is 12.6. The normalized spacial score (nSPS) is 19.9. The van der Waals surface area contributed by atoms with Crippen LogP contribution in [-0.4, -0.2) is 14.2 Å². The molecule has 1 fully saturated rings. The molecule has 0 bridgehead atoms. The Morgan fingerprint density at radius 3 is 2.45 bits per heavy atom. The number of sulfone groups is 1. The van der Waals surface area contributed by atoms with Crippen molar-refractivity contribution in [1.29, 1.82) is 0 Å². The van der Waals surface area contributed by atoms with Gasteiger partial charge in [0.05, 0.1) is 4.90 Å². The quantitative estimate of drug-likeness (QED) is 0.215. The minimum Gasteiger partial charge on any atom is -0.295 e. The van der Waals surface area contributed by atoms with E-state index >= 15 is 0 Å². The first-order valence-electron chi connectivity index (χ1n) is 11.4. The fraction of sp³-hybridized carbons (Fsp3) is 0.321. The molecule has 0 heterocycles. The standard InChI is InChI=1S/C28H32O3S2/c1-22-14-16-27(17-15-22)33(30,31)20-18-25(29)21-24-10-6-7-13-28(24)23(2)9-8-19-32-26-11-4-3-5-12-26/h3-5,8-9,11-12,14-20,24,28H,6-7,10,13,21H2,1-2H3/b19-8+,20-18+,23-9+/t24-,28-/m1/s1. The minimum atomic E-state index is -3.60. The molecule has 33 heavy (non-hydrogen) atoms. The van der Waals surface area contributed by atoms with Gasteiger partial charge < -0.3 is 0 Å². The topological polar surface area (TPSA) is 51.2 Å². The van der Waals surface area contributed by atoms with Crippen molar-refractivity contribution in [2.75, 3.05) is 0 Å². The lowest BCUT2D eigenvalue weighted by Gasteiger charge is -2.31. The van der Waals surface area contributed by atoms with Crippen LogP contribution in [0.5, 0.6) is 0 Å². The number of hydrogen-bond acceptors (Lipinski definition) is 4. The van der Waals surface area contributed by atoms with Crippen LogP contribution in [0.3, 0.4) is 0 Å². The van der Waals surface area contributed by atoms with Gasteiger partial charge in [0.25, 0.3) is 0 Å². The first-order chi connectivity index (χ1) is 15.8. The van der Waals surface area contributed by atoms with E-state index in [0.29, 0.717) is 12.3 Å². The molecular weight excluding hydrogens is 448 g/mol. The van der Waals surface area contributed by atoms with E-state index in [1.165, 1.54) is 23.0 Å². The van der Waals surface area contributed by atoms with Crippen molar-refractivity contribution >= 4 is 27.4 Å². The highest BCUT2D eigenvalue weighted by Gasteiger charge is 2.27. The third-order valence-corrected chi connectivity index (χ3v) is 8.39. The Labute approximate surface area is 202 Å². The molecule has 2 atom stereocenters. The predicted molar refractivity (Wildman–Crippen MR) is 138 cm³/mol. The third kappa shape index (κ3) is 7.86. The molecule has 0 radical (unpaired) electrons. The molecule has 0 N–H and O–H groups in total. The monoisotopic (exact) mass is 480 g/mol. The lowest BCUT2D eigenvalue weighted by Crippen LogP contribution is -2.23. The molecule has 1 saturated carbocycles. The fourth-order valence-electron chi connectivity index (χ4n) is 4.28. The van der Waals surface area contributed by atoms with Crippen LogP contribution in [0.2, 0.25) is 0 Å². The van der Waals surface area contributed by atoms with E-state index < -0.39 is 9.84 Å². The van der Waals surface area contributed by atoms with E-state index in [-0.39, 0.29) is 16.6 Å². The molecule has 0 saturated heterocycles. The average Bonchev–Trinajstić information content (AvgIpc) is 2.82. The highest BCUT2D eigenvalue weighted by Crippen LogP contribution is 2.37. The zero-order valence-corrected chi connectivity index (χ0v) is 20.9. The Morgan fingerprint density at radius 2 is 1.73 bits per heavy atom. The number of allylic oxidation sites excluding steroid dienone is 4. The Balaban J connectivity index is 1.60. The van der Waals surface area contributed by atoms with Gasteiger partial charge >= 0.3 is 0 Å². The van der Waals surface area contributed by atoms with Gasteiger partial charge in [-0.2, -0.15) is 0 Å². The highest BCUT2D eigenvalue weighted by molar-refractivity contribution is 8.02. The lowest BCUT2D eigenvalue weighted by atomic mass is 9.73. The molecule has 3 nitrogen and oxygen atoms in total. The number of carbonyl (C=O) groups is 1. The van der Waals surface area contributed by atoms with E-state index in [0.717, 1.165) is 30.2 Å². The third-order valence-electron chi connectivity index (χ3n) is 6.12. The van der Waals surface area contributed by atoms with Crippen molar-refractivity contribution < 1.29 is 13.2 Å². The average molecular weight is 481 g/mol. The van der Waals surface area contributed by atoms with Crippen molar-refractivity contribution in [2.24, 2.45) is 11.8 Å². The van der Waals surface area contributed by atoms with Gasteiger partial charge in [-0.05, 0) is 74.3 Å². The van der Waals surface area contributed by atoms with Gasteiger partial charge in [0, 0.05) is 16.7 Å². The second kappa shape index (κ2) is 12.2. The highest BCUT2D eigenvalue weighted by atomic mass is 32.2. The Bertz CT molecular complexity index is 1110. The minimum absolute atomic E-state index is 0.120.